The topological polar surface area (TPSA) is 50.5 Å². The van der Waals surface area contributed by atoms with Crippen LogP contribution in [0.3, 0.4) is 0 Å². The largest absolute Gasteiger partial charge is 0.432 e. The fraction of sp³-hybridized carbons (Fsp3) is 0.769. The van der Waals surface area contributed by atoms with Crippen molar-refractivity contribution in [3.63, 3.8) is 0 Å². The van der Waals surface area contributed by atoms with Crippen LogP contribution in [-0.2, 0) is 11.3 Å². The molecule has 1 aliphatic rings. The zero-order valence-electron chi connectivity index (χ0n) is 11.9. The van der Waals surface area contributed by atoms with Gasteiger partial charge in [0.15, 0.2) is 0 Å². The molecule has 0 unspecified atom stereocenters. The summed E-state index contributed by atoms with van der Waals surface area (Å²) in [6.07, 6.45) is 1.71. The lowest BCUT2D eigenvalue weighted by atomic mass is 9.99. The summed E-state index contributed by atoms with van der Waals surface area (Å²) >= 11 is 0. The molecule has 1 aromatic rings. The normalized spacial score (nSPS) is 22.2. The average Bonchev–Trinajstić information content (AvgIpc) is 2.62. The molecule has 0 atom stereocenters. The van der Waals surface area contributed by atoms with Crippen molar-refractivity contribution in [2.75, 3.05) is 25.0 Å². The summed E-state index contributed by atoms with van der Waals surface area (Å²) in [4.78, 5) is 6.65. The van der Waals surface area contributed by atoms with E-state index in [4.69, 9.17) is 9.15 Å². The molecule has 2 heterocycles. The molecule has 0 amide bonds. The standard InChI is InChI=1S/C13H23N3O2/c1-12(2)8-16(9-13(3,4)18-12)11-15-10(6-14-5)7-17-11/h7,14H,6,8-9H2,1-5H3. The van der Waals surface area contributed by atoms with E-state index in [-0.39, 0.29) is 11.2 Å². The molecule has 1 fully saturated rings. The van der Waals surface area contributed by atoms with Crippen molar-refractivity contribution < 1.29 is 9.15 Å². The highest BCUT2D eigenvalue weighted by molar-refractivity contribution is 5.30. The second-order valence-corrected chi connectivity index (χ2v) is 6.13. The summed E-state index contributed by atoms with van der Waals surface area (Å²) in [6, 6.07) is 0.685. The Hall–Kier alpha value is -1.07. The van der Waals surface area contributed by atoms with Gasteiger partial charge in [-0.1, -0.05) is 0 Å². The fourth-order valence-electron chi connectivity index (χ4n) is 2.63. The molecule has 0 radical (unpaired) electrons. The zero-order valence-corrected chi connectivity index (χ0v) is 11.9. The van der Waals surface area contributed by atoms with Crippen molar-refractivity contribution in [3.05, 3.63) is 12.0 Å². The van der Waals surface area contributed by atoms with Gasteiger partial charge >= 0.3 is 0 Å². The number of hydrogen-bond donors (Lipinski definition) is 1. The fourth-order valence-corrected chi connectivity index (χ4v) is 2.63. The molecular weight excluding hydrogens is 230 g/mol. The van der Waals surface area contributed by atoms with Crippen LogP contribution in [-0.4, -0.2) is 36.3 Å². The number of morpholine rings is 1. The maximum atomic E-state index is 6.04. The van der Waals surface area contributed by atoms with E-state index in [1.165, 1.54) is 0 Å². The van der Waals surface area contributed by atoms with Crippen molar-refractivity contribution >= 4 is 6.01 Å². The first-order chi connectivity index (χ1) is 8.31. The Labute approximate surface area is 109 Å². The number of nitrogens with zero attached hydrogens (tertiary/aromatic N) is 2. The molecule has 1 saturated heterocycles. The molecule has 1 aliphatic heterocycles. The Morgan fingerprint density at radius 2 is 1.89 bits per heavy atom. The number of oxazole rings is 1. The van der Waals surface area contributed by atoms with Crippen LogP contribution < -0.4 is 10.2 Å². The van der Waals surface area contributed by atoms with Crippen molar-refractivity contribution in [1.29, 1.82) is 0 Å². The number of aromatic nitrogens is 1. The maximum absolute atomic E-state index is 6.04. The first-order valence-electron chi connectivity index (χ1n) is 6.35. The SMILES string of the molecule is CNCc1coc(N2CC(C)(C)OC(C)(C)C2)n1. The second kappa shape index (κ2) is 4.55. The highest BCUT2D eigenvalue weighted by Gasteiger charge is 2.39. The molecule has 5 nitrogen and oxygen atoms in total. The van der Waals surface area contributed by atoms with Gasteiger partial charge in [-0.2, -0.15) is 4.98 Å². The molecule has 1 aromatic heterocycles. The van der Waals surface area contributed by atoms with Gasteiger partial charge < -0.3 is 19.4 Å². The van der Waals surface area contributed by atoms with Crippen LogP contribution in [0, 0.1) is 0 Å². The molecule has 2 rings (SSSR count). The van der Waals surface area contributed by atoms with Gasteiger partial charge in [0.1, 0.15) is 6.26 Å². The van der Waals surface area contributed by atoms with Gasteiger partial charge in [-0.25, -0.2) is 0 Å². The third kappa shape index (κ3) is 3.03. The van der Waals surface area contributed by atoms with E-state index in [1.807, 2.05) is 7.05 Å². The second-order valence-electron chi connectivity index (χ2n) is 6.13. The number of anilines is 1. The molecular formula is C13H23N3O2. The van der Waals surface area contributed by atoms with Gasteiger partial charge in [0.25, 0.3) is 6.01 Å². The van der Waals surface area contributed by atoms with Gasteiger partial charge in [0.2, 0.25) is 0 Å². The Kier molecular flexibility index (Phi) is 3.38. The van der Waals surface area contributed by atoms with Gasteiger partial charge in [-0.3, -0.25) is 0 Å². The zero-order chi connectivity index (χ0) is 13.4. The van der Waals surface area contributed by atoms with Crippen LogP contribution >= 0.6 is 0 Å². The van der Waals surface area contributed by atoms with Crippen LogP contribution in [0.5, 0.6) is 0 Å². The number of nitrogens with one attached hydrogen (secondary N) is 1. The van der Waals surface area contributed by atoms with Crippen molar-refractivity contribution in [1.82, 2.24) is 10.3 Å². The van der Waals surface area contributed by atoms with Crippen LogP contribution in [0.15, 0.2) is 10.7 Å². The minimum atomic E-state index is -0.195. The highest BCUT2D eigenvalue weighted by Crippen LogP contribution is 2.30. The Balaban J connectivity index is 2.16. The quantitative estimate of drug-likeness (QED) is 0.890. The Morgan fingerprint density at radius 1 is 1.28 bits per heavy atom. The third-order valence-electron chi connectivity index (χ3n) is 2.86. The van der Waals surface area contributed by atoms with E-state index in [2.05, 4.69) is 42.9 Å². The molecule has 0 aliphatic carbocycles. The summed E-state index contributed by atoms with van der Waals surface area (Å²) in [5.74, 6) is 0. The van der Waals surface area contributed by atoms with E-state index in [0.717, 1.165) is 25.3 Å². The minimum Gasteiger partial charge on any atom is -0.432 e. The number of ether oxygens (including phenoxy) is 1. The van der Waals surface area contributed by atoms with E-state index >= 15 is 0 Å². The molecule has 0 aromatic carbocycles. The number of rotatable bonds is 3. The molecule has 0 bridgehead atoms. The molecule has 102 valence electrons. The first kappa shape index (κ1) is 13.4. The van der Waals surface area contributed by atoms with Crippen molar-refractivity contribution in [2.24, 2.45) is 0 Å². The van der Waals surface area contributed by atoms with E-state index in [0.29, 0.717) is 6.01 Å². The van der Waals surface area contributed by atoms with Gasteiger partial charge in [0, 0.05) is 6.54 Å². The van der Waals surface area contributed by atoms with Gasteiger partial charge in [0.05, 0.1) is 30.0 Å². The van der Waals surface area contributed by atoms with Crippen molar-refractivity contribution in [3.8, 4) is 0 Å². The van der Waals surface area contributed by atoms with Gasteiger partial charge in [-0.15, -0.1) is 0 Å². The van der Waals surface area contributed by atoms with E-state index < -0.39 is 0 Å². The molecule has 1 N–H and O–H groups in total. The number of hydrogen-bond acceptors (Lipinski definition) is 5. The summed E-state index contributed by atoms with van der Waals surface area (Å²) in [5.41, 5.74) is 0.535. The molecule has 5 heteroatoms. The van der Waals surface area contributed by atoms with Crippen LogP contribution in [0.2, 0.25) is 0 Å². The van der Waals surface area contributed by atoms with Gasteiger partial charge in [-0.05, 0) is 34.7 Å². The summed E-state index contributed by atoms with van der Waals surface area (Å²) in [5, 5.41) is 3.07. The van der Waals surface area contributed by atoms with Crippen molar-refractivity contribution in [2.45, 2.75) is 45.4 Å². The summed E-state index contributed by atoms with van der Waals surface area (Å²) in [7, 11) is 1.90. The predicted molar refractivity (Wildman–Crippen MR) is 70.7 cm³/mol. The predicted octanol–water partition coefficient (Wildman–Crippen LogP) is 1.79. The maximum Gasteiger partial charge on any atom is 0.297 e. The van der Waals surface area contributed by atoms with E-state index in [1.54, 1.807) is 6.26 Å². The molecule has 18 heavy (non-hydrogen) atoms. The minimum absolute atomic E-state index is 0.195. The summed E-state index contributed by atoms with van der Waals surface area (Å²) < 4.78 is 11.6. The van der Waals surface area contributed by atoms with Crippen LogP contribution in [0.4, 0.5) is 6.01 Å². The Bertz CT molecular complexity index is 396. The third-order valence-corrected chi connectivity index (χ3v) is 2.86. The molecule has 0 spiro atoms. The lowest BCUT2D eigenvalue weighted by Gasteiger charge is -2.46. The Morgan fingerprint density at radius 3 is 2.44 bits per heavy atom. The monoisotopic (exact) mass is 253 g/mol. The highest BCUT2D eigenvalue weighted by atomic mass is 16.5. The average molecular weight is 253 g/mol. The molecule has 0 saturated carbocycles. The summed E-state index contributed by atoms with van der Waals surface area (Å²) in [6.45, 7) is 10.7. The van der Waals surface area contributed by atoms with E-state index in [9.17, 15) is 0 Å². The first-order valence-corrected chi connectivity index (χ1v) is 6.35. The lowest BCUT2D eigenvalue weighted by molar-refractivity contribution is -0.134. The van der Waals surface area contributed by atoms with Crippen LogP contribution in [0.25, 0.3) is 0 Å². The van der Waals surface area contributed by atoms with Crippen LogP contribution in [0.1, 0.15) is 33.4 Å². The lowest BCUT2D eigenvalue weighted by Crippen LogP contribution is -2.57. The smallest absolute Gasteiger partial charge is 0.297 e.